The van der Waals surface area contributed by atoms with Crippen molar-refractivity contribution in [3.63, 3.8) is 0 Å². The highest BCUT2D eigenvalue weighted by Gasteiger charge is 2.17. The minimum absolute atomic E-state index is 0.303. The first-order chi connectivity index (χ1) is 13.0. The molecule has 3 aromatic heterocycles. The van der Waals surface area contributed by atoms with Gasteiger partial charge < -0.3 is 14.8 Å². The first kappa shape index (κ1) is 18.6. The monoisotopic (exact) mass is 370 g/mol. The third-order valence-corrected chi connectivity index (χ3v) is 4.12. The smallest absolute Gasteiger partial charge is 0.273 e. The Kier molecular flexibility index (Phi) is 5.51. The van der Waals surface area contributed by atoms with Crippen LogP contribution in [0.5, 0.6) is 5.88 Å². The standard InChI is InChI=1S/C18H22N6O3/c1-11-17(12(2)24(3)23-11)14-9-15(22-21-14)18(25)20-13-5-6-16(19-10-13)27-8-7-26-4/h5-6,9-10H,7-8H2,1-4H3,(H,20,25)(H,21,22). The van der Waals surface area contributed by atoms with Crippen LogP contribution in [-0.4, -0.2) is 51.2 Å². The molecule has 0 aromatic carbocycles. The fourth-order valence-corrected chi connectivity index (χ4v) is 2.68. The van der Waals surface area contributed by atoms with Crippen LogP contribution in [0.25, 0.3) is 11.3 Å². The molecule has 3 heterocycles. The molecule has 9 heteroatoms. The molecule has 27 heavy (non-hydrogen) atoms. The topological polar surface area (TPSA) is 107 Å². The number of aromatic nitrogens is 5. The maximum Gasteiger partial charge on any atom is 0.273 e. The molecular weight excluding hydrogens is 348 g/mol. The van der Waals surface area contributed by atoms with Gasteiger partial charge in [0.1, 0.15) is 12.3 Å². The quantitative estimate of drug-likeness (QED) is 0.617. The van der Waals surface area contributed by atoms with Crippen molar-refractivity contribution in [2.24, 2.45) is 7.05 Å². The number of amides is 1. The van der Waals surface area contributed by atoms with Gasteiger partial charge in [-0.2, -0.15) is 10.2 Å². The van der Waals surface area contributed by atoms with Crippen LogP contribution in [0.1, 0.15) is 21.9 Å². The fraction of sp³-hybridized carbons (Fsp3) is 0.333. The van der Waals surface area contributed by atoms with Crippen molar-refractivity contribution in [3.8, 4) is 17.1 Å². The van der Waals surface area contributed by atoms with E-state index in [1.165, 1.54) is 6.20 Å². The second kappa shape index (κ2) is 8.00. The third kappa shape index (κ3) is 4.14. The molecule has 3 rings (SSSR count). The number of pyridine rings is 1. The number of hydrogen-bond donors (Lipinski definition) is 2. The lowest BCUT2D eigenvalue weighted by atomic mass is 10.1. The summed E-state index contributed by atoms with van der Waals surface area (Å²) < 4.78 is 12.1. The molecule has 2 N–H and O–H groups in total. The number of aryl methyl sites for hydroxylation is 2. The maximum atomic E-state index is 12.5. The first-order valence-corrected chi connectivity index (χ1v) is 8.44. The van der Waals surface area contributed by atoms with E-state index in [0.29, 0.717) is 36.2 Å². The minimum atomic E-state index is -0.303. The Hall–Kier alpha value is -3.20. The summed E-state index contributed by atoms with van der Waals surface area (Å²) >= 11 is 0. The highest BCUT2D eigenvalue weighted by molar-refractivity contribution is 6.03. The summed E-state index contributed by atoms with van der Waals surface area (Å²) in [6.45, 7) is 4.78. The highest BCUT2D eigenvalue weighted by Crippen LogP contribution is 2.25. The van der Waals surface area contributed by atoms with E-state index in [1.807, 2.05) is 20.9 Å². The molecule has 0 unspecified atom stereocenters. The summed E-state index contributed by atoms with van der Waals surface area (Å²) in [5.74, 6) is 0.166. The largest absolute Gasteiger partial charge is 0.475 e. The molecule has 0 spiro atoms. The Morgan fingerprint density at radius 2 is 2.11 bits per heavy atom. The Morgan fingerprint density at radius 3 is 2.74 bits per heavy atom. The number of rotatable bonds is 7. The van der Waals surface area contributed by atoms with Crippen LogP contribution >= 0.6 is 0 Å². The van der Waals surface area contributed by atoms with Crippen molar-refractivity contribution in [1.82, 2.24) is 25.0 Å². The lowest BCUT2D eigenvalue weighted by Crippen LogP contribution is -2.12. The predicted molar refractivity (Wildman–Crippen MR) is 99.8 cm³/mol. The Morgan fingerprint density at radius 1 is 1.30 bits per heavy atom. The molecule has 0 aliphatic carbocycles. The zero-order valence-electron chi connectivity index (χ0n) is 15.7. The number of nitrogens with zero attached hydrogens (tertiary/aromatic N) is 4. The number of carbonyl (C=O) groups excluding carboxylic acids is 1. The number of nitrogens with one attached hydrogen (secondary N) is 2. The summed E-state index contributed by atoms with van der Waals surface area (Å²) in [7, 11) is 3.48. The van der Waals surface area contributed by atoms with E-state index >= 15 is 0 Å². The van der Waals surface area contributed by atoms with E-state index < -0.39 is 0 Å². The van der Waals surface area contributed by atoms with Crippen LogP contribution in [0.4, 0.5) is 5.69 Å². The Labute approximate surface area is 156 Å². The predicted octanol–water partition coefficient (Wildman–Crippen LogP) is 2.10. The van der Waals surface area contributed by atoms with Crippen molar-refractivity contribution in [3.05, 3.63) is 41.5 Å². The zero-order valence-corrected chi connectivity index (χ0v) is 15.7. The molecule has 0 atom stereocenters. The number of anilines is 1. The molecule has 0 saturated heterocycles. The average molecular weight is 370 g/mol. The summed E-state index contributed by atoms with van der Waals surface area (Å²) in [5, 5.41) is 14.2. The zero-order chi connectivity index (χ0) is 19.4. The molecule has 142 valence electrons. The molecule has 0 aliphatic rings. The van der Waals surface area contributed by atoms with Crippen LogP contribution in [0.3, 0.4) is 0 Å². The van der Waals surface area contributed by atoms with Gasteiger partial charge in [0.15, 0.2) is 0 Å². The Balaban J connectivity index is 1.68. The lowest BCUT2D eigenvalue weighted by molar-refractivity contribution is 0.102. The van der Waals surface area contributed by atoms with Gasteiger partial charge in [-0.15, -0.1) is 0 Å². The van der Waals surface area contributed by atoms with E-state index in [9.17, 15) is 4.79 Å². The molecule has 9 nitrogen and oxygen atoms in total. The van der Waals surface area contributed by atoms with E-state index in [1.54, 1.807) is 30.0 Å². The highest BCUT2D eigenvalue weighted by atomic mass is 16.5. The molecule has 0 saturated carbocycles. The number of aromatic amines is 1. The average Bonchev–Trinajstić information content (AvgIpc) is 3.22. The number of H-pyrrole nitrogens is 1. The number of hydrogen-bond acceptors (Lipinski definition) is 6. The van der Waals surface area contributed by atoms with Crippen LogP contribution in [-0.2, 0) is 11.8 Å². The second-order valence-corrected chi connectivity index (χ2v) is 6.02. The molecule has 1 amide bonds. The van der Waals surface area contributed by atoms with Gasteiger partial charge in [0.2, 0.25) is 5.88 Å². The van der Waals surface area contributed by atoms with Crippen molar-refractivity contribution < 1.29 is 14.3 Å². The van der Waals surface area contributed by atoms with Crippen molar-refractivity contribution in [1.29, 1.82) is 0 Å². The van der Waals surface area contributed by atoms with Crippen molar-refractivity contribution in [2.45, 2.75) is 13.8 Å². The van der Waals surface area contributed by atoms with Gasteiger partial charge in [-0.1, -0.05) is 0 Å². The molecule has 0 bridgehead atoms. The van der Waals surface area contributed by atoms with E-state index in [4.69, 9.17) is 9.47 Å². The summed E-state index contributed by atoms with van der Waals surface area (Å²) in [5.41, 5.74) is 4.37. The lowest BCUT2D eigenvalue weighted by Gasteiger charge is -2.06. The van der Waals surface area contributed by atoms with Gasteiger partial charge in [-0.05, 0) is 26.0 Å². The second-order valence-electron chi connectivity index (χ2n) is 6.02. The summed E-state index contributed by atoms with van der Waals surface area (Å²) in [6.07, 6.45) is 1.53. The molecule has 0 radical (unpaired) electrons. The van der Waals surface area contributed by atoms with Gasteiger partial charge in [0.05, 0.1) is 29.9 Å². The minimum Gasteiger partial charge on any atom is -0.475 e. The van der Waals surface area contributed by atoms with Crippen LogP contribution < -0.4 is 10.1 Å². The number of carbonyl (C=O) groups is 1. The third-order valence-electron chi connectivity index (χ3n) is 4.12. The van der Waals surface area contributed by atoms with Gasteiger partial charge >= 0.3 is 0 Å². The normalized spacial score (nSPS) is 10.8. The molecule has 3 aromatic rings. The fourth-order valence-electron chi connectivity index (χ4n) is 2.68. The SMILES string of the molecule is COCCOc1ccc(NC(=O)c2cc(-c3c(C)nn(C)c3C)n[nH]2)cn1. The van der Waals surface area contributed by atoms with E-state index in [0.717, 1.165) is 17.0 Å². The molecular formula is C18H22N6O3. The summed E-state index contributed by atoms with van der Waals surface area (Å²) in [6, 6.07) is 5.12. The number of methoxy groups -OCH3 is 1. The van der Waals surface area contributed by atoms with Crippen molar-refractivity contribution >= 4 is 11.6 Å². The number of ether oxygens (including phenoxy) is 2. The van der Waals surface area contributed by atoms with Crippen LogP contribution in [0, 0.1) is 13.8 Å². The van der Waals surface area contributed by atoms with Crippen molar-refractivity contribution in [2.75, 3.05) is 25.6 Å². The van der Waals surface area contributed by atoms with Gasteiger partial charge in [-0.25, -0.2) is 4.98 Å². The van der Waals surface area contributed by atoms with Gasteiger partial charge in [0, 0.05) is 31.5 Å². The molecule has 0 aliphatic heterocycles. The summed E-state index contributed by atoms with van der Waals surface area (Å²) in [4.78, 5) is 16.6. The van der Waals surface area contributed by atoms with E-state index in [-0.39, 0.29) is 5.91 Å². The van der Waals surface area contributed by atoms with Gasteiger partial charge in [-0.3, -0.25) is 14.6 Å². The van der Waals surface area contributed by atoms with Crippen LogP contribution in [0.2, 0.25) is 0 Å². The van der Waals surface area contributed by atoms with E-state index in [2.05, 4.69) is 25.6 Å². The Bertz CT molecular complexity index is 929. The first-order valence-electron chi connectivity index (χ1n) is 8.44. The molecule has 0 fully saturated rings. The maximum absolute atomic E-state index is 12.5. The van der Waals surface area contributed by atoms with Crippen LogP contribution in [0.15, 0.2) is 24.4 Å². The van der Waals surface area contributed by atoms with Gasteiger partial charge in [0.25, 0.3) is 5.91 Å².